The van der Waals surface area contributed by atoms with E-state index in [-0.39, 0.29) is 11.8 Å². The molecule has 7 nitrogen and oxygen atoms in total. The molecule has 2 aromatic heterocycles. The lowest BCUT2D eigenvalue weighted by Crippen LogP contribution is -2.45. The number of hydrogen-bond acceptors (Lipinski definition) is 7. The van der Waals surface area contributed by atoms with Crippen LogP contribution in [0.15, 0.2) is 29.0 Å². The van der Waals surface area contributed by atoms with Crippen molar-refractivity contribution < 1.29 is 19.1 Å². The van der Waals surface area contributed by atoms with Crippen molar-refractivity contribution in [2.24, 2.45) is 5.92 Å². The normalized spacial score (nSPS) is 11.5. The molecule has 26 heavy (non-hydrogen) atoms. The molecule has 0 spiro atoms. The number of ether oxygens (including phenoxy) is 1. The summed E-state index contributed by atoms with van der Waals surface area (Å²) in [4.78, 5) is 36.8. The van der Waals surface area contributed by atoms with Gasteiger partial charge in [-0.25, -0.2) is 4.79 Å². The molecule has 0 fully saturated rings. The first-order valence-electron chi connectivity index (χ1n) is 7.70. The van der Waals surface area contributed by atoms with Crippen LogP contribution in [0, 0.1) is 17.2 Å². The van der Waals surface area contributed by atoms with Crippen LogP contribution in [0.5, 0.6) is 0 Å². The number of carbonyl (C=O) groups excluding carboxylic acids is 3. The minimum absolute atomic E-state index is 0.211. The smallest absolute Gasteiger partial charge is 0.329 e. The van der Waals surface area contributed by atoms with Gasteiger partial charge < -0.3 is 15.4 Å². The zero-order valence-electron chi connectivity index (χ0n) is 14.1. The first-order chi connectivity index (χ1) is 12.4. The summed E-state index contributed by atoms with van der Waals surface area (Å²) in [5.41, 5.74) is 0.345. The van der Waals surface area contributed by atoms with Gasteiger partial charge in [0.15, 0.2) is 6.61 Å². The molecule has 2 N–H and O–H groups in total. The Balaban J connectivity index is 1.90. The Morgan fingerprint density at radius 2 is 2.00 bits per heavy atom. The minimum Gasteiger partial charge on any atom is -0.454 e. The van der Waals surface area contributed by atoms with Crippen molar-refractivity contribution >= 4 is 45.5 Å². The number of rotatable bonds is 7. The highest BCUT2D eigenvalue weighted by molar-refractivity contribution is 7.14. The SMILES string of the molecule is CC(C)[C@H](NC(=O)c1cccs1)C(=O)OCC(=O)Nc1sccc1C#N. The number of amides is 2. The summed E-state index contributed by atoms with van der Waals surface area (Å²) in [6.07, 6.45) is 0. The summed E-state index contributed by atoms with van der Waals surface area (Å²) >= 11 is 2.47. The zero-order valence-corrected chi connectivity index (χ0v) is 15.8. The highest BCUT2D eigenvalue weighted by Gasteiger charge is 2.27. The van der Waals surface area contributed by atoms with E-state index < -0.39 is 24.5 Å². The van der Waals surface area contributed by atoms with Crippen LogP contribution < -0.4 is 10.6 Å². The van der Waals surface area contributed by atoms with Crippen molar-refractivity contribution in [3.05, 3.63) is 39.4 Å². The van der Waals surface area contributed by atoms with E-state index in [4.69, 9.17) is 10.00 Å². The number of nitriles is 1. The Morgan fingerprint density at radius 3 is 2.62 bits per heavy atom. The third-order valence-corrected chi connectivity index (χ3v) is 5.03. The van der Waals surface area contributed by atoms with E-state index in [9.17, 15) is 14.4 Å². The molecule has 2 aromatic rings. The standard InChI is InChI=1S/C17H17N3O4S2/c1-10(2)14(20-15(22)12-4-3-6-25-12)17(23)24-9-13(21)19-16-11(8-18)5-7-26-16/h3-7,10,14H,9H2,1-2H3,(H,19,21)(H,20,22)/t14-/m0/s1. The number of hydrogen-bond donors (Lipinski definition) is 2. The fraction of sp³-hybridized carbons (Fsp3) is 0.294. The predicted molar refractivity (Wildman–Crippen MR) is 99.0 cm³/mol. The predicted octanol–water partition coefficient (Wildman–Crippen LogP) is 2.62. The largest absolute Gasteiger partial charge is 0.454 e. The van der Waals surface area contributed by atoms with E-state index in [1.165, 1.54) is 22.7 Å². The number of esters is 1. The molecule has 2 heterocycles. The number of carbonyl (C=O) groups is 3. The molecule has 0 saturated heterocycles. The molecule has 0 aliphatic rings. The van der Waals surface area contributed by atoms with Crippen molar-refractivity contribution in [3.8, 4) is 6.07 Å². The number of thiophene rings is 2. The zero-order chi connectivity index (χ0) is 19.1. The molecule has 0 aliphatic heterocycles. The van der Waals surface area contributed by atoms with Crippen LogP contribution >= 0.6 is 22.7 Å². The molecular weight excluding hydrogens is 374 g/mol. The Hall–Kier alpha value is -2.70. The second-order valence-electron chi connectivity index (χ2n) is 5.60. The molecule has 0 aromatic carbocycles. The maximum absolute atomic E-state index is 12.3. The average molecular weight is 391 g/mol. The monoisotopic (exact) mass is 391 g/mol. The van der Waals surface area contributed by atoms with Crippen LogP contribution in [0.25, 0.3) is 0 Å². The van der Waals surface area contributed by atoms with Crippen molar-refractivity contribution in [1.82, 2.24) is 5.32 Å². The summed E-state index contributed by atoms with van der Waals surface area (Å²) in [6.45, 7) is 3.04. The van der Waals surface area contributed by atoms with Gasteiger partial charge in [0, 0.05) is 0 Å². The number of anilines is 1. The summed E-state index contributed by atoms with van der Waals surface area (Å²) in [7, 11) is 0. The first-order valence-corrected chi connectivity index (χ1v) is 9.46. The molecule has 1 atom stereocenters. The Morgan fingerprint density at radius 1 is 1.23 bits per heavy atom. The fourth-order valence-electron chi connectivity index (χ4n) is 2.00. The van der Waals surface area contributed by atoms with Gasteiger partial charge in [0.2, 0.25) is 0 Å². The van der Waals surface area contributed by atoms with Gasteiger partial charge in [0.1, 0.15) is 17.1 Å². The van der Waals surface area contributed by atoms with Crippen molar-refractivity contribution in [1.29, 1.82) is 5.26 Å². The van der Waals surface area contributed by atoms with Gasteiger partial charge in [-0.3, -0.25) is 9.59 Å². The molecule has 2 rings (SSSR count). The topological polar surface area (TPSA) is 108 Å². The molecule has 9 heteroatoms. The second-order valence-corrected chi connectivity index (χ2v) is 7.47. The summed E-state index contributed by atoms with van der Waals surface area (Å²) in [6, 6.07) is 6.07. The summed E-state index contributed by atoms with van der Waals surface area (Å²) < 4.78 is 5.03. The quantitative estimate of drug-likeness (QED) is 0.705. The Kier molecular flexibility index (Phi) is 6.89. The highest BCUT2D eigenvalue weighted by atomic mass is 32.1. The summed E-state index contributed by atoms with van der Waals surface area (Å²) in [5, 5.41) is 17.9. The van der Waals surface area contributed by atoms with E-state index in [2.05, 4.69) is 10.6 Å². The van der Waals surface area contributed by atoms with Crippen molar-refractivity contribution in [2.75, 3.05) is 11.9 Å². The lowest BCUT2D eigenvalue weighted by Gasteiger charge is -2.20. The van der Waals surface area contributed by atoms with Crippen LogP contribution in [0.4, 0.5) is 5.00 Å². The molecule has 0 radical (unpaired) electrons. The van der Waals surface area contributed by atoms with E-state index in [1.54, 1.807) is 42.8 Å². The number of nitrogens with zero attached hydrogens (tertiary/aromatic N) is 1. The van der Waals surface area contributed by atoms with E-state index in [0.29, 0.717) is 15.4 Å². The lowest BCUT2D eigenvalue weighted by atomic mass is 10.0. The molecule has 0 bridgehead atoms. The first kappa shape index (κ1) is 19.6. The maximum atomic E-state index is 12.3. The van der Waals surface area contributed by atoms with Gasteiger partial charge in [-0.05, 0) is 28.8 Å². The van der Waals surface area contributed by atoms with E-state index >= 15 is 0 Å². The van der Waals surface area contributed by atoms with Crippen LogP contribution in [0.1, 0.15) is 29.1 Å². The maximum Gasteiger partial charge on any atom is 0.329 e. The molecule has 0 unspecified atom stereocenters. The van der Waals surface area contributed by atoms with E-state index in [0.717, 1.165) is 0 Å². The van der Waals surface area contributed by atoms with Crippen LogP contribution in [0.2, 0.25) is 0 Å². The lowest BCUT2D eigenvalue weighted by molar-refractivity contribution is -0.150. The van der Waals surface area contributed by atoms with E-state index in [1.807, 2.05) is 6.07 Å². The molecule has 136 valence electrons. The average Bonchev–Trinajstić information content (AvgIpc) is 3.28. The van der Waals surface area contributed by atoms with Gasteiger partial charge >= 0.3 is 5.97 Å². The van der Waals surface area contributed by atoms with Crippen LogP contribution in [-0.4, -0.2) is 30.4 Å². The van der Waals surface area contributed by atoms with Gasteiger partial charge in [0.25, 0.3) is 11.8 Å². The third kappa shape index (κ3) is 5.15. The molecule has 0 aliphatic carbocycles. The van der Waals surface area contributed by atoms with Crippen molar-refractivity contribution in [3.63, 3.8) is 0 Å². The van der Waals surface area contributed by atoms with Crippen LogP contribution in [0.3, 0.4) is 0 Å². The highest BCUT2D eigenvalue weighted by Crippen LogP contribution is 2.21. The van der Waals surface area contributed by atoms with Gasteiger partial charge in [-0.2, -0.15) is 5.26 Å². The van der Waals surface area contributed by atoms with Gasteiger partial charge in [-0.15, -0.1) is 22.7 Å². The molecular formula is C17H17N3O4S2. The fourth-order valence-corrected chi connectivity index (χ4v) is 3.38. The van der Waals surface area contributed by atoms with Crippen molar-refractivity contribution in [2.45, 2.75) is 19.9 Å². The van der Waals surface area contributed by atoms with Gasteiger partial charge in [0.05, 0.1) is 10.4 Å². The number of nitrogens with one attached hydrogen (secondary N) is 2. The molecule has 2 amide bonds. The van der Waals surface area contributed by atoms with Crippen LogP contribution in [-0.2, 0) is 14.3 Å². The third-order valence-electron chi connectivity index (χ3n) is 3.34. The van der Waals surface area contributed by atoms with Gasteiger partial charge in [-0.1, -0.05) is 19.9 Å². The minimum atomic E-state index is -0.867. The summed E-state index contributed by atoms with van der Waals surface area (Å²) in [5.74, 6) is -1.81. The Bertz CT molecular complexity index is 821. The second kappa shape index (κ2) is 9.12. The Labute approximate surface area is 158 Å². The molecule has 0 saturated carbocycles.